The van der Waals surface area contributed by atoms with Gasteiger partial charge in [0.1, 0.15) is 0 Å². The van der Waals surface area contributed by atoms with Crippen molar-refractivity contribution in [2.45, 2.75) is 25.2 Å². The Morgan fingerprint density at radius 2 is 1.71 bits per heavy atom. The molecule has 0 saturated heterocycles. The maximum Gasteiger partial charge on any atom is 0.333 e. The van der Waals surface area contributed by atoms with Crippen molar-refractivity contribution in [1.29, 1.82) is 0 Å². The number of aliphatic carboxylic acids is 1. The second-order valence-corrected chi connectivity index (χ2v) is 3.49. The number of carbonyl (C=O) groups is 1. The van der Waals surface area contributed by atoms with E-state index in [1.54, 1.807) is 0 Å². The highest BCUT2D eigenvalue weighted by molar-refractivity contribution is 5.74. The van der Waals surface area contributed by atoms with Crippen LogP contribution < -0.4 is 0 Å². The number of carboxylic acid groups (broad SMARTS) is 1. The van der Waals surface area contributed by atoms with E-state index in [0.717, 1.165) is 12.8 Å². The molecule has 1 N–H and O–H groups in total. The van der Waals surface area contributed by atoms with Gasteiger partial charge in [-0.05, 0) is 12.8 Å². The van der Waals surface area contributed by atoms with E-state index >= 15 is 0 Å². The van der Waals surface area contributed by atoms with Crippen LogP contribution in [0.4, 0.5) is 0 Å². The van der Waals surface area contributed by atoms with Gasteiger partial charge in [-0.1, -0.05) is 0 Å². The van der Waals surface area contributed by atoms with Crippen LogP contribution in [-0.4, -0.2) is 44.8 Å². The van der Waals surface area contributed by atoms with E-state index in [-0.39, 0.29) is 0 Å². The van der Waals surface area contributed by atoms with Crippen LogP contribution in [0.15, 0.2) is 0 Å². The maximum absolute atomic E-state index is 10.9. The Morgan fingerprint density at radius 3 is 1.93 bits per heavy atom. The lowest BCUT2D eigenvalue weighted by Gasteiger charge is -2.28. The van der Waals surface area contributed by atoms with Gasteiger partial charge in [-0.15, -0.1) is 0 Å². The minimum absolute atomic E-state index is 0.510. The van der Waals surface area contributed by atoms with Gasteiger partial charge in [-0.25, -0.2) is 4.79 Å². The Morgan fingerprint density at radius 1 is 1.21 bits per heavy atom. The van der Waals surface area contributed by atoms with Gasteiger partial charge in [0.15, 0.2) is 12.4 Å². The quantitative estimate of drug-likeness (QED) is 0.638. The first kappa shape index (κ1) is 11.4. The number of rotatable bonds is 6. The van der Waals surface area contributed by atoms with Crippen LogP contribution in [0.25, 0.3) is 0 Å². The monoisotopic (exact) mass is 204 g/mol. The van der Waals surface area contributed by atoms with E-state index in [1.165, 1.54) is 21.3 Å². The number of methoxy groups -OCH3 is 3. The van der Waals surface area contributed by atoms with Gasteiger partial charge >= 0.3 is 5.97 Å². The molecule has 0 radical (unpaired) electrons. The SMILES string of the molecule is COC(OC)C1(C(OC)C(=O)O)CC1. The van der Waals surface area contributed by atoms with Crippen molar-refractivity contribution in [2.24, 2.45) is 5.41 Å². The van der Waals surface area contributed by atoms with E-state index in [9.17, 15) is 4.79 Å². The summed E-state index contributed by atoms with van der Waals surface area (Å²) in [5.41, 5.74) is -0.510. The fourth-order valence-corrected chi connectivity index (χ4v) is 1.91. The maximum atomic E-state index is 10.9. The minimum Gasteiger partial charge on any atom is -0.479 e. The zero-order chi connectivity index (χ0) is 10.8. The van der Waals surface area contributed by atoms with Gasteiger partial charge in [0.25, 0.3) is 0 Å². The van der Waals surface area contributed by atoms with Crippen molar-refractivity contribution in [1.82, 2.24) is 0 Å². The van der Waals surface area contributed by atoms with Gasteiger partial charge in [-0.3, -0.25) is 0 Å². The fourth-order valence-electron chi connectivity index (χ4n) is 1.91. The molecule has 1 aliphatic carbocycles. The van der Waals surface area contributed by atoms with Crippen LogP contribution >= 0.6 is 0 Å². The standard InChI is InChI=1S/C9H16O5/c1-12-6(7(10)11)9(4-5-9)8(13-2)14-3/h6,8H,4-5H2,1-3H3,(H,10,11). The van der Waals surface area contributed by atoms with Crippen LogP contribution in [0.3, 0.4) is 0 Å². The molecule has 0 bridgehead atoms. The molecule has 0 aliphatic heterocycles. The van der Waals surface area contributed by atoms with Crippen LogP contribution in [0.2, 0.25) is 0 Å². The molecular formula is C9H16O5. The molecule has 5 heteroatoms. The lowest BCUT2D eigenvalue weighted by molar-refractivity contribution is -0.191. The first-order valence-electron chi connectivity index (χ1n) is 4.43. The summed E-state index contributed by atoms with van der Waals surface area (Å²) in [5, 5.41) is 8.95. The molecule has 1 atom stereocenters. The third-order valence-electron chi connectivity index (χ3n) is 2.71. The molecule has 5 nitrogen and oxygen atoms in total. The Labute approximate surface area is 82.9 Å². The van der Waals surface area contributed by atoms with E-state index in [2.05, 4.69) is 0 Å². The molecular weight excluding hydrogens is 188 g/mol. The van der Waals surface area contributed by atoms with Gasteiger partial charge in [0.2, 0.25) is 0 Å². The van der Waals surface area contributed by atoms with Crippen molar-refractivity contribution in [3.63, 3.8) is 0 Å². The van der Waals surface area contributed by atoms with Crippen molar-refractivity contribution in [3.05, 3.63) is 0 Å². The Balaban J connectivity index is 2.76. The minimum atomic E-state index is -0.968. The zero-order valence-corrected chi connectivity index (χ0v) is 8.65. The average Bonchev–Trinajstić information content (AvgIpc) is 2.89. The molecule has 0 spiro atoms. The molecule has 1 aliphatic rings. The van der Waals surface area contributed by atoms with E-state index in [4.69, 9.17) is 19.3 Å². The van der Waals surface area contributed by atoms with Crippen LogP contribution in [0.1, 0.15) is 12.8 Å². The molecule has 82 valence electrons. The van der Waals surface area contributed by atoms with Crippen LogP contribution in [-0.2, 0) is 19.0 Å². The molecule has 14 heavy (non-hydrogen) atoms. The third-order valence-corrected chi connectivity index (χ3v) is 2.71. The number of ether oxygens (including phenoxy) is 3. The Hall–Kier alpha value is -0.650. The van der Waals surface area contributed by atoms with Crippen molar-refractivity contribution >= 4 is 5.97 Å². The lowest BCUT2D eigenvalue weighted by atomic mass is 9.98. The Bertz CT molecular complexity index is 207. The zero-order valence-electron chi connectivity index (χ0n) is 8.65. The molecule has 1 rings (SSSR count). The first-order valence-corrected chi connectivity index (χ1v) is 4.43. The molecule has 1 saturated carbocycles. The predicted molar refractivity (Wildman–Crippen MR) is 47.9 cm³/mol. The van der Waals surface area contributed by atoms with Crippen LogP contribution in [0, 0.1) is 5.41 Å². The van der Waals surface area contributed by atoms with Crippen molar-refractivity contribution < 1.29 is 24.1 Å². The summed E-state index contributed by atoms with van der Waals surface area (Å²) in [6, 6.07) is 0. The molecule has 0 aromatic heterocycles. The van der Waals surface area contributed by atoms with Gasteiger partial charge in [0.05, 0.1) is 5.41 Å². The summed E-state index contributed by atoms with van der Waals surface area (Å²) in [4.78, 5) is 10.9. The number of carboxylic acids is 1. The molecule has 0 aromatic carbocycles. The molecule has 0 amide bonds. The number of hydrogen-bond acceptors (Lipinski definition) is 4. The Kier molecular flexibility index (Phi) is 3.47. The second-order valence-electron chi connectivity index (χ2n) is 3.49. The highest BCUT2D eigenvalue weighted by Crippen LogP contribution is 2.53. The largest absolute Gasteiger partial charge is 0.479 e. The van der Waals surface area contributed by atoms with Gasteiger partial charge in [0, 0.05) is 21.3 Å². The fraction of sp³-hybridized carbons (Fsp3) is 0.889. The normalized spacial score (nSPS) is 20.9. The summed E-state index contributed by atoms with van der Waals surface area (Å²) in [6.07, 6.45) is 0.143. The second kappa shape index (κ2) is 4.25. The third kappa shape index (κ3) is 1.75. The van der Waals surface area contributed by atoms with Crippen molar-refractivity contribution in [3.8, 4) is 0 Å². The highest BCUT2D eigenvalue weighted by Gasteiger charge is 2.59. The van der Waals surface area contributed by atoms with Crippen LogP contribution in [0.5, 0.6) is 0 Å². The molecule has 1 unspecified atom stereocenters. The first-order chi connectivity index (χ1) is 6.62. The van der Waals surface area contributed by atoms with Crippen molar-refractivity contribution in [2.75, 3.05) is 21.3 Å². The lowest BCUT2D eigenvalue weighted by Crippen LogP contribution is -2.42. The summed E-state index contributed by atoms with van der Waals surface area (Å²) in [6.45, 7) is 0. The topological polar surface area (TPSA) is 65.0 Å². The number of hydrogen-bond donors (Lipinski definition) is 1. The average molecular weight is 204 g/mol. The molecule has 0 aromatic rings. The molecule has 0 heterocycles. The summed E-state index contributed by atoms with van der Waals surface area (Å²) >= 11 is 0. The predicted octanol–water partition coefficient (Wildman–Crippen LogP) is 0.485. The summed E-state index contributed by atoms with van der Waals surface area (Å²) in [5.74, 6) is -0.968. The molecule has 1 fully saturated rings. The van der Waals surface area contributed by atoms with E-state index in [1.807, 2.05) is 0 Å². The highest BCUT2D eigenvalue weighted by atomic mass is 16.7. The van der Waals surface area contributed by atoms with E-state index < -0.39 is 23.8 Å². The van der Waals surface area contributed by atoms with Gasteiger partial charge < -0.3 is 19.3 Å². The summed E-state index contributed by atoms with van der Waals surface area (Å²) < 4.78 is 15.2. The smallest absolute Gasteiger partial charge is 0.333 e. The van der Waals surface area contributed by atoms with E-state index in [0.29, 0.717) is 0 Å². The summed E-state index contributed by atoms with van der Waals surface area (Å²) in [7, 11) is 4.40. The van der Waals surface area contributed by atoms with Gasteiger partial charge in [-0.2, -0.15) is 0 Å².